The normalized spacial score (nSPS) is 10.5. The molecule has 0 spiro atoms. The molecule has 0 aliphatic rings. The van der Waals surface area contributed by atoms with Crippen LogP contribution in [0.15, 0.2) is 30.3 Å². The minimum atomic E-state index is -0.656. The van der Waals surface area contributed by atoms with Crippen LogP contribution in [0.5, 0.6) is 0 Å². The highest BCUT2D eigenvalue weighted by Gasteiger charge is 2.17. The summed E-state index contributed by atoms with van der Waals surface area (Å²) >= 11 is 17.7. The van der Waals surface area contributed by atoms with Crippen molar-refractivity contribution in [1.29, 1.82) is 0 Å². The summed E-state index contributed by atoms with van der Waals surface area (Å²) < 4.78 is 13.8. The van der Waals surface area contributed by atoms with E-state index in [0.29, 0.717) is 5.02 Å². The Morgan fingerprint density at radius 3 is 2.16 bits per heavy atom. The summed E-state index contributed by atoms with van der Waals surface area (Å²) in [7, 11) is 0. The molecule has 0 N–H and O–H groups in total. The van der Waals surface area contributed by atoms with Gasteiger partial charge in [-0.1, -0.05) is 34.8 Å². The first kappa shape index (κ1) is 14.1. The summed E-state index contributed by atoms with van der Waals surface area (Å²) in [5, 5.41) is 11.3. The molecule has 7 heteroatoms. The van der Waals surface area contributed by atoms with Crippen molar-refractivity contribution >= 4 is 40.5 Å². The number of hydrogen-bond donors (Lipinski definition) is 0. The first-order valence-corrected chi connectivity index (χ1v) is 6.12. The number of nitro groups is 1. The van der Waals surface area contributed by atoms with Gasteiger partial charge in [-0.3, -0.25) is 10.1 Å². The number of non-ortho nitro benzene ring substituents is 1. The van der Waals surface area contributed by atoms with Gasteiger partial charge >= 0.3 is 0 Å². The molecule has 2 rings (SSSR count). The third kappa shape index (κ3) is 2.81. The maximum Gasteiger partial charge on any atom is 0.270 e. The van der Waals surface area contributed by atoms with Gasteiger partial charge in [-0.2, -0.15) is 0 Å². The lowest BCUT2D eigenvalue weighted by atomic mass is 10.0. The Bertz CT molecular complexity index is 653. The molecule has 19 heavy (non-hydrogen) atoms. The van der Waals surface area contributed by atoms with Gasteiger partial charge in [-0.15, -0.1) is 0 Å². The van der Waals surface area contributed by atoms with Crippen LogP contribution in [0.4, 0.5) is 10.1 Å². The quantitative estimate of drug-likeness (QED) is 0.552. The average Bonchev–Trinajstić information content (AvgIpc) is 2.29. The molecular weight excluding hydrogens is 315 g/mol. The minimum Gasteiger partial charge on any atom is -0.258 e. The van der Waals surface area contributed by atoms with Crippen molar-refractivity contribution in [3.63, 3.8) is 0 Å². The molecule has 0 aliphatic heterocycles. The van der Waals surface area contributed by atoms with Gasteiger partial charge in [0.15, 0.2) is 0 Å². The molecule has 0 radical (unpaired) electrons. The first-order chi connectivity index (χ1) is 8.90. The first-order valence-electron chi connectivity index (χ1n) is 4.99. The van der Waals surface area contributed by atoms with Crippen molar-refractivity contribution < 1.29 is 9.31 Å². The number of nitro benzene ring substituents is 1. The molecule has 0 amide bonds. The number of halogens is 4. The standard InChI is InChI=1S/C12H5Cl3FNO2/c13-6-3-9(14)12(10(15)4-6)8-5-7(17(18)19)1-2-11(8)16/h1-5H. The van der Waals surface area contributed by atoms with Crippen molar-refractivity contribution in [2.24, 2.45) is 0 Å². The van der Waals surface area contributed by atoms with Crippen LogP contribution in [0.3, 0.4) is 0 Å². The predicted octanol–water partition coefficient (Wildman–Crippen LogP) is 5.36. The van der Waals surface area contributed by atoms with Crippen molar-refractivity contribution in [2.75, 3.05) is 0 Å². The van der Waals surface area contributed by atoms with E-state index in [2.05, 4.69) is 0 Å². The Labute approximate surface area is 122 Å². The van der Waals surface area contributed by atoms with Crippen molar-refractivity contribution in [3.05, 3.63) is 61.3 Å². The van der Waals surface area contributed by atoms with Crippen LogP contribution in [0.1, 0.15) is 0 Å². The summed E-state index contributed by atoms with van der Waals surface area (Å²) in [5.74, 6) is -0.656. The van der Waals surface area contributed by atoms with E-state index in [-0.39, 0.29) is 26.9 Å². The molecule has 0 saturated heterocycles. The van der Waals surface area contributed by atoms with Gasteiger partial charge < -0.3 is 0 Å². The Hall–Kier alpha value is -1.36. The molecule has 0 fully saturated rings. The van der Waals surface area contributed by atoms with E-state index in [1.54, 1.807) is 0 Å². The number of hydrogen-bond acceptors (Lipinski definition) is 2. The SMILES string of the molecule is O=[N+]([O-])c1ccc(F)c(-c2c(Cl)cc(Cl)cc2Cl)c1. The van der Waals surface area contributed by atoms with Gasteiger partial charge in [-0.05, 0) is 18.2 Å². The Balaban J connectivity index is 2.71. The molecule has 98 valence electrons. The highest BCUT2D eigenvalue weighted by atomic mass is 35.5. The van der Waals surface area contributed by atoms with E-state index >= 15 is 0 Å². The van der Waals surface area contributed by atoms with Gasteiger partial charge in [-0.25, -0.2) is 4.39 Å². The van der Waals surface area contributed by atoms with Crippen LogP contribution in [-0.2, 0) is 0 Å². The molecule has 0 saturated carbocycles. The molecule has 0 aliphatic carbocycles. The molecule has 0 heterocycles. The monoisotopic (exact) mass is 319 g/mol. The van der Waals surface area contributed by atoms with E-state index in [4.69, 9.17) is 34.8 Å². The summed E-state index contributed by atoms with van der Waals surface area (Å²) in [4.78, 5) is 10.1. The van der Waals surface area contributed by atoms with Gasteiger partial charge in [0.25, 0.3) is 5.69 Å². The Morgan fingerprint density at radius 1 is 1.05 bits per heavy atom. The van der Waals surface area contributed by atoms with Gasteiger partial charge in [0.2, 0.25) is 0 Å². The largest absolute Gasteiger partial charge is 0.270 e. The van der Waals surface area contributed by atoms with Crippen LogP contribution < -0.4 is 0 Å². The van der Waals surface area contributed by atoms with E-state index in [1.807, 2.05) is 0 Å². The minimum absolute atomic E-state index is 0.0409. The van der Waals surface area contributed by atoms with Crippen LogP contribution in [0.25, 0.3) is 11.1 Å². The summed E-state index contributed by atoms with van der Waals surface area (Å²) in [6, 6.07) is 5.92. The van der Waals surface area contributed by atoms with Crippen molar-refractivity contribution in [1.82, 2.24) is 0 Å². The lowest BCUT2D eigenvalue weighted by Crippen LogP contribution is -1.92. The molecule has 2 aromatic carbocycles. The van der Waals surface area contributed by atoms with Crippen LogP contribution >= 0.6 is 34.8 Å². The zero-order chi connectivity index (χ0) is 14.2. The van der Waals surface area contributed by atoms with Gasteiger partial charge in [0, 0.05) is 28.3 Å². The fourth-order valence-corrected chi connectivity index (χ4v) is 2.64. The second-order valence-electron chi connectivity index (χ2n) is 3.67. The highest BCUT2D eigenvalue weighted by molar-refractivity contribution is 6.41. The van der Waals surface area contributed by atoms with E-state index in [0.717, 1.165) is 18.2 Å². The van der Waals surface area contributed by atoms with E-state index in [1.165, 1.54) is 12.1 Å². The molecule has 3 nitrogen and oxygen atoms in total. The maximum atomic E-state index is 13.8. The highest BCUT2D eigenvalue weighted by Crippen LogP contribution is 2.39. The van der Waals surface area contributed by atoms with Gasteiger partial charge in [0.1, 0.15) is 5.82 Å². The molecule has 0 unspecified atom stereocenters. The smallest absolute Gasteiger partial charge is 0.258 e. The molecule has 0 bridgehead atoms. The van der Waals surface area contributed by atoms with Crippen molar-refractivity contribution in [3.8, 4) is 11.1 Å². The average molecular weight is 321 g/mol. The van der Waals surface area contributed by atoms with E-state index < -0.39 is 10.7 Å². The topological polar surface area (TPSA) is 43.1 Å². The zero-order valence-corrected chi connectivity index (χ0v) is 11.4. The van der Waals surface area contributed by atoms with Crippen molar-refractivity contribution in [2.45, 2.75) is 0 Å². The van der Waals surface area contributed by atoms with E-state index in [9.17, 15) is 14.5 Å². The fraction of sp³-hybridized carbons (Fsp3) is 0. The van der Waals surface area contributed by atoms with Gasteiger partial charge in [0.05, 0.1) is 15.0 Å². The summed E-state index contributed by atoms with van der Waals surface area (Å²) in [5.41, 5.74) is -0.117. The van der Waals surface area contributed by atoms with Crippen LogP contribution in [0, 0.1) is 15.9 Å². The third-order valence-electron chi connectivity index (χ3n) is 2.44. The zero-order valence-electron chi connectivity index (χ0n) is 9.16. The second-order valence-corrected chi connectivity index (χ2v) is 4.92. The number of nitrogens with zero attached hydrogens (tertiary/aromatic N) is 1. The Kier molecular flexibility index (Phi) is 3.94. The summed E-state index contributed by atoms with van der Waals surface area (Å²) in [6.45, 7) is 0. The molecular formula is C12H5Cl3FNO2. The lowest BCUT2D eigenvalue weighted by Gasteiger charge is -2.09. The van der Waals surface area contributed by atoms with Crippen LogP contribution in [0.2, 0.25) is 15.1 Å². The molecule has 0 aromatic heterocycles. The fourth-order valence-electron chi connectivity index (χ4n) is 1.62. The number of benzene rings is 2. The maximum absolute atomic E-state index is 13.8. The predicted molar refractivity (Wildman–Crippen MR) is 73.5 cm³/mol. The molecule has 0 atom stereocenters. The summed E-state index contributed by atoms with van der Waals surface area (Å²) in [6.07, 6.45) is 0. The Morgan fingerprint density at radius 2 is 1.63 bits per heavy atom. The lowest BCUT2D eigenvalue weighted by molar-refractivity contribution is -0.384. The van der Waals surface area contributed by atoms with Crippen LogP contribution in [-0.4, -0.2) is 4.92 Å². The molecule has 2 aromatic rings. The second kappa shape index (κ2) is 5.33. The third-order valence-corrected chi connectivity index (χ3v) is 3.25. The number of rotatable bonds is 2.